The molecule has 2 aliphatic rings. The van der Waals surface area contributed by atoms with Crippen LogP contribution in [0.5, 0.6) is 0 Å². The van der Waals surface area contributed by atoms with Crippen LogP contribution in [0.3, 0.4) is 0 Å². The highest BCUT2D eigenvalue weighted by molar-refractivity contribution is 6.04. The summed E-state index contributed by atoms with van der Waals surface area (Å²) in [6.07, 6.45) is 1.17. The highest BCUT2D eigenvalue weighted by Gasteiger charge is 2.44. The number of carbonyl (C=O) groups is 2. The molecule has 0 fully saturated rings. The molecule has 1 aliphatic heterocycles. The Morgan fingerprint density at radius 3 is 2.52 bits per heavy atom. The molecule has 0 saturated heterocycles. The van der Waals surface area contributed by atoms with E-state index in [1.807, 2.05) is 50.2 Å². The summed E-state index contributed by atoms with van der Waals surface area (Å²) in [7, 11) is 0. The molecule has 0 spiro atoms. The maximum atomic E-state index is 13.3. The van der Waals surface area contributed by atoms with E-state index in [1.54, 1.807) is 6.92 Å². The van der Waals surface area contributed by atoms with Crippen molar-refractivity contribution in [1.29, 1.82) is 0 Å². The number of aryl methyl sites for hydroxylation is 1. The molecule has 4 rings (SSSR count). The molecule has 5 nitrogen and oxygen atoms in total. The van der Waals surface area contributed by atoms with Crippen LogP contribution in [-0.2, 0) is 14.3 Å². The van der Waals surface area contributed by atoms with E-state index < -0.39 is 11.9 Å². The Labute approximate surface area is 183 Å². The van der Waals surface area contributed by atoms with Crippen LogP contribution < -0.4 is 5.32 Å². The largest absolute Gasteiger partial charge is 0.463 e. The molecule has 162 valence electrons. The minimum atomic E-state index is -0.571. The third-order valence-electron chi connectivity index (χ3n) is 5.98. The van der Waals surface area contributed by atoms with Gasteiger partial charge in [0.2, 0.25) is 0 Å². The van der Waals surface area contributed by atoms with Crippen molar-refractivity contribution in [2.24, 2.45) is 5.41 Å². The van der Waals surface area contributed by atoms with Gasteiger partial charge in [0.25, 0.3) is 0 Å². The number of hydrogen-bond donors (Lipinski definition) is 1. The summed E-state index contributed by atoms with van der Waals surface area (Å²) < 4.78 is 11.6. The number of dihydropyridines is 1. The Bertz CT molecular complexity index is 1100. The third-order valence-corrected chi connectivity index (χ3v) is 5.98. The number of Topliss-reactive ketones (excluding diaryl/α,β-unsaturated/α-hetero) is 1. The van der Waals surface area contributed by atoms with Gasteiger partial charge in [0.05, 0.1) is 18.1 Å². The SMILES string of the molecule is CCOC(=O)C1=C(C)NC2=C(C(=O)CC(C)(C)C2)[C@H]1c1ccc(-c2ccc(C)cc2)o1. The second-order valence-corrected chi connectivity index (χ2v) is 9.22. The lowest BCUT2D eigenvalue weighted by Gasteiger charge is -2.38. The zero-order chi connectivity index (χ0) is 22.3. The van der Waals surface area contributed by atoms with Crippen LogP contribution in [0.15, 0.2) is 63.4 Å². The Hall–Kier alpha value is -3.08. The number of benzene rings is 1. The van der Waals surface area contributed by atoms with Crippen LogP contribution >= 0.6 is 0 Å². The quantitative estimate of drug-likeness (QED) is 0.670. The predicted molar refractivity (Wildman–Crippen MR) is 119 cm³/mol. The van der Waals surface area contributed by atoms with Crippen LogP contribution in [0.4, 0.5) is 0 Å². The molecule has 0 saturated carbocycles. The van der Waals surface area contributed by atoms with E-state index in [2.05, 4.69) is 19.2 Å². The zero-order valence-corrected chi connectivity index (χ0v) is 18.8. The molecule has 0 unspecified atom stereocenters. The van der Waals surface area contributed by atoms with Crippen LogP contribution in [0.1, 0.15) is 57.8 Å². The van der Waals surface area contributed by atoms with Crippen molar-refractivity contribution in [2.75, 3.05) is 6.61 Å². The number of rotatable bonds is 4. The maximum absolute atomic E-state index is 13.3. The minimum absolute atomic E-state index is 0.0475. The van der Waals surface area contributed by atoms with E-state index in [1.165, 1.54) is 5.56 Å². The highest BCUT2D eigenvalue weighted by Crippen LogP contribution is 2.47. The fraction of sp³-hybridized carbons (Fsp3) is 0.385. The number of nitrogens with one attached hydrogen (secondary N) is 1. The normalized spacial score (nSPS) is 20.4. The number of furan rings is 1. The number of ketones is 1. The molecule has 0 radical (unpaired) electrons. The van der Waals surface area contributed by atoms with Gasteiger partial charge in [-0.3, -0.25) is 4.79 Å². The first-order chi connectivity index (χ1) is 14.7. The molecule has 1 aliphatic carbocycles. The molecule has 1 aromatic heterocycles. The fourth-order valence-electron chi connectivity index (χ4n) is 4.58. The number of carbonyl (C=O) groups excluding carboxylic acids is 2. The third kappa shape index (κ3) is 3.97. The van der Waals surface area contributed by atoms with E-state index >= 15 is 0 Å². The van der Waals surface area contributed by atoms with Gasteiger partial charge in [-0.15, -0.1) is 0 Å². The highest BCUT2D eigenvalue weighted by atomic mass is 16.5. The molecule has 1 aromatic carbocycles. The lowest BCUT2D eigenvalue weighted by molar-refractivity contribution is -0.138. The first-order valence-electron chi connectivity index (χ1n) is 10.8. The maximum Gasteiger partial charge on any atom is 0.336 e. The molecule has 0 bridgehead atoms. The Morgan fingerprint density at radius 2 is 1.84 bits per heavy atom. The fourth-order valence-corrected chi connectivity index (χ4v) is 4.58. The van der Waals surface area contributed by atoms with Gasteiger partial charge in [-0.05, 0) is 44.7 Å². The van der Waals surface area contributed by atoms with Crippen molar-refractivity contribution in [2.45, 2.75) is 53.4 Å². The number of esters is 1. The molecule has 2 heterocycles. The van der Waals surface area contributed by atoms with E-state index in [0.29, 0.717) is 34.8 Å². The summed E-state index contributed by atoms with van der Waals surface area (Å²) in [5, 5.41) is 3.33. The predicted octanol–water partition coefficient (Wildman–Crippen LogP) is 5.42. The van der Waals surface area contributed by atoms with E-state index in [-0.39, 0.29) is 17.8 Å². The molecule has 1 atom stereocenters. The van der Waals surface area contributed by atoms with Gasteiger partial charge in [-0.25, -0.2) is 4.79 Å². The second kappa shape index (κ2) is 7.88. The van der Waals surface area contributed by atoms with E-state index in [9.17, 15) is 9.59 Å². The van der Waals surface area contributed by atoms with E-state index in [4.69, 9.17) is 9.15 Å². The number of hydrogen-bond acceptors (Lipinski definition) is 5. The number of ether oxygens (including phenoxy) is 1. The molecule has 0 amide bonds. The molecule has 2 aromatic rings. The van der Waals surface area contributed by atoms with Gasteiger partial charge < -0.3 is 14.5 Å². The average molecular weight is 420 g/mol. The van der Waals surface area contributed by atoms with Crippen molar-refractivity contribution in [3.05, 3.63) is 70.3 Å². The average Bonchev–Trinajstić information content (AvgIpc) is 3.16. The molecular weight excluding hydrogens is 390 g/mol. The van der Waals surface area contributed by atoms with Gasteiger partial charge in [0.1, 0.15) is 11.5 Å². The zero-order valence-electron chi connectivity index (χ0n) is 18.8. The molecule has 31 heavy (non-hydrogen) atoms. The van der Waals surface area contributed by atoms with Crippen molar-refractivity contribution in [3.8, 4) is 11.3 Å². The first-order valence-corrected chi connectivity index (χ1v) is 10.8. The topological polar surface area (TPSA) is 68.5 Å². The standard InChI is InChI=1S/C26H29NO4/c1-6-30-25(29)22-16(3)27-18-13-26(4,5)14-19(28)23(18)24(22)21-12-11-20(31-21)17-9-7-15(2)8-10-17/h7-12,24,27H,6,13-14H2,1-5H3/t24-/m0/s1. The minimum Gasteiger partial charge on any atom is -0.463 e. The van der Waals surface area contributed by atoms with Crippen LogP contribution in [0.25, 0.3) is 11.3 Å². The van der Waals surface area contributed by atoms with Gasteiger partial charge in [-0.2, -0.15) is 0 Å². The van der Waals surface area contributed by atoms with E-state index in [0.717, 1.165) is 17.7 Å². The summed E-state index contributed by atoms with van der Waals surface area (Å²) in [5.41, 5.74) is 4.64. The summed E-state index contributed by atoms with van der Waals surface area (Å²) in [4.78, 5) is 26.2. The summed E-state index contributed by atoms with van der Waals surface area (Å²) in [5.74, 6) is 0.347. The van der Waals surface area contributed by atoms with Crippen molar-refractivity contribution in [1.82, 2.24) is 5.32 Å². The lowest BCUT2D eigenvalue weighted by atomic mass is 9.69. The Kier molecular flexibility index (Phi) is 5.38. The Balaban J connectivity index is 1.83. The number of allylic oxidation sites excluding steroid dienone is 3. The monoisotopic (exact) mass is 419 g/mol. The Morgan fingerprint density at radius 1 is 1.13 bits per heavy atom. The van der Waals surface area contributed by atoms with Gasteiger partial charge in [0.15, 0.2) is 5.78 Å². The first kappa shape index (κ1) is 21.2. The van der Waals surface area contributed by atoms with Gasteiger partial charge in [-0.1, -0.05) is 43.7 Å². The molecule has 5 heteroatoms. The summed E-state index contributed by atoms with van der Waals surface area (Å²) in [6.45, 7) is 10.1. The van der Waals surface area contributed by atoms with Crippen LogP contribution in [-0.4, -0.2) is 18.4 Å². The van der Waals surface area contributed by atoms with Gasteiger partial charge >= 0.3 is 5.97 Å². The molecule has 1 N–H and O–H groups in total. The second-order valence-electron chi connectivity index (χ2n) is 9.22. The summed E-state index contributed by atoms with van der Waals surface area (Å²) in [6, 6.07) is 11.8. The van der Waals surface area contributed by atoms with Crippen LogP contribution in [0.2, 0.25) is 0 Å². The summed E-state index contributed by atoms with van der Waals surface area (Å²) >= 11 is 0. The smallest absolute Gasteiger partial charge is 0.336 e. The van der Waals surface area contributed by atoms with Crippen molar-refractivity contribution in [3.63, 3.8) is 0 Å². The van der Waals surface area contributed by atoms with Crippen LogP contribution in [0, 0.1) is 12.3 Å². The van der Waals surface area contributed by atoms with Crippen molar-refractivity contribution < 1.29 is 18.7 Å². The molecular formula is C26H29NO4. The van der Waals surface area contributed by atoms with Crippen molar-refractivity contribution >= 4 is 11.8 Å². The lowest BCUT2D eigenvalue weighted by Crippen LogP contribution is -2.38. The van der Waals surface area contributed by atoms with Gasteiger partial charge in [0, 0.05) is 29.0 Å².